The number of morpholine rings is 1. The molecular weight excluding hydrogens is 372 g/mol. The molecular formula is C18H27ClN4O4. The van der Waals surface area contributed by atoms with E-state index in [0.717, 1.165) is 32.5 Å². The largest absolute Gasteiger partial charge is 0.442 e. The highest BCUT2D eigenvalue weighted by molar-refractivity contribution is 6.21. The predicted octanol–water partition coefficient (Wildman–Crippen LogP) is -0.153. The Kier molecular flexibility index (Phi) is 4.31. The third-order valence-electron chi connectivity index (χ3n) is 7.02. The van der Waals surface area contributed by atoms with Gasteiger partial charge in [-0.1, -0.05) is 0 Å². The molecule has 0 aromatic heterocycles. The average molecular weight is 399 g/mol. The van der Waals surface area contributed by atoms with Crippen molar-refractivity contribution in [2.75, 3.05) is 33.2 Å². The standard InChI is InChI=1S/C18H27ClN4O4/c1-9(24)20-14-12(7-22-5-3-10(19)15(14)22)27-18(25)21(2)16-13-8-23-6-4-11(26-13)17(16)23/h10-17H,3-8H2,1-2H3,(H,20,24)/t10-,11?,12-,13?,14+,15-,16?,17?/m1/s1. The van der Waals surface area contributed by atoms with E-state index in [2.05, 4.69) is 15.1 Å². The summed E-state index contributed by atoms with van der Waals surface area (Å²) in [6, 6.07) is 0.0942. The van der Waals surface area contributed by atoms with E-state index in [4.69, 9.17) is 21.1 Å². The highest BCUT2D eigenvalue weighted by Gasteiger charge is 2.59. The van der Waals surface area contributed by atoms with Gasteiger partial charge in [0.25, 0.3) is 0 Å². The lowest BCUT2D eigenvalue weighted by atomic mass is 10.0. The molecule has 2 bridgehead atoms. The zero-order valence-corrected chi connectivity index (χ0v) is 16.5. The minimum atomic E-state index is -0.382. The second-order valence-corrected chi connectivity index (χ2v) is 9.09. The van der Waals surface area contributed by atoms with Crippen LogP contribution in [0.3, 0.4) is 0 Å². The van der Waals surface area contributed by atoms with Crippen LogP contribution in [0.25, 0.3) is 0 Å². The lowest BCUT2D eigenvalue weighted by Crippen LogP contribution is -2.52. The van der Waals surface area contributed by atoms with Gasteiger partial charge in [-0.05, 0) is 12.8 Å². The molecule has 8 nitrogen and oxygen atoms in total. The van der Waals surface area contributed by atoms with Crippen molar-refractivity contribution in [1.29, 1.82) is 0 Å². The van der Waals surface area contributed by atoms with Gasteiger partial charge in [0.1, 0.15) is 6.10 Å². The normalized spacial score (nSPS) is 45.3. The molecule has 0 aromatic carbocycles. The molecule has 5 rings (SSSR count). The Balaban J connectivity index is 1.28. The first kappa shape index (κ1) is 18.0. The molecule has 5 saturated heterocycles. The maximum atomic E-state index is 12.9. The summed E-state index contributed by atoms with van der Waals surface area (Å²) in [6.07, 6.45) is 1.53. The first-order valence-corrected chi connectivity index (χ1v) is 10.4. The van der Waals surface area contributed by atoms with Gasteiger partial charge in [0.2, 0.25) is 5.91 Å². The van der Waals surface area contributed by atoms with Crippen LogP contribution in [0.2, 0.25) is 0 Å². The van der Waals surface area contributed by atoms with E-state index in [1.54, 1.807) is 11.9 Å². The third-order valence-corrected chi connectivity index (χ3v) is 7.50. The van der Waals surface area contributed by atoms with E-state index in [-0.39, 0.29) is 59.9 Å². The van der Waals surface area contributed by atoms with Crippen LogP contribution in [0.4, 0.5) is 4.79 Å². The topological polar surface area (TPSA) is 74.4 Å². The quantitative estimate of drug-likeness (QED) is 0.666. The first-order chi connectivity index (χ1) is 12.9. The van der Waals surface area contributed by atoms with Crippen molar-refractivity contribution in [3.05, 3.63) is 0 Å². The van der Waals surface area contributed by atoms with Crippen LogP contribution in [-0.4, -0.2) is 108 Å². The Morgan fingerprint density at radius 2 is 1.89 bits per heavy atom. The van der Waals surface area contributed by atoms with E-state index < -0.39 is 0 Å². The Morgan fingerprint density at radius 1 is 1.15 bits per heavy atom. The molecule has 0 radical (unpaired) electrons. The molecule has 2 amide bonds. The maximum Gasteiger partial charge on any atom is 0.410 e. The molecule has 5 aliphatic rings. The first-order valence-electron chi connectivity index (χ1n) is 9.92. The summed E-state index contributed by atoms with van der Waals surface area (Å²) in [4.78, 5) is 31.0. The van der Waals surface area contributed by atoms with Crippen LogP contribution in [0.1, 0.15) is 19.8 Å². The fourth-order valence-corrected chi connectivity index (χ4v) is 6.37. The van der Waals surface area contributed by atoms with Gasteiger partial charge in [-0.3, -0.25) is 14.6 Å². The number of hydrogen-bond acceptors (Lipinski definition) is 6. The smallest absolute Gasteiger partial charge is 0.410 e. The molecule has 5 heterocycles. The molecule has 1 N–H and O–H groups in total. The lowest BCUT2D eigenvalue weighted by molar-refractivity contribution is -0.120. The van der Waals surface area contributed by atoms with E-state index in [0.29, 0.717) is 6.54 Å². The minimum absolute atomic E-state index is 0.0200. The van der Waals surface area contributed by atoms with E-state index >= 15 is 0 Å². The van der Waals surface area contributed by atoms with Gasteiger partial charge in [-0.25, -0.2) is 4.79 Å². The summed E-state index contributed by atoms with van der Waals surface area (Å²) < 4.78 is 12.0. The number of fused-ring (bicyclic) bond motifs is 2. The predicted molar refractivity (Wildman–Crippen MR) is 97.7 cm³/mol. The summed E-state index contributed by atoms with van der Waals surface area (Å²) in [7, 11) is 1.81. The van der Waals surface area contributed by atoms with Crippen molar-refractivity contribution in [3.63, 3.8) is 0 Å². The Morgan fingerprint density at radius 3 is 2.63 bits per heavy atom. The third kappa shape index (κ3) is 2.75. The van der Waals surface area contributed by atoms with Crippen molar-refractivity contribution < 1.29 is 19.1 Å². The minimum Gasteiger partial charge on any atom is -0.442 e. The second kappa shape index (κ2) is 6.47. The number of halogens is 1. The van der Waals surface area contributed by atoms with Gasteiger partial charge in [0.05, 0.1) is 41.8 Å². The van der Waals surface area contributed by atoms with Crippen molar-refractivity contribution in [3.8, 4) is 0 Å². The van der Waals surface area contributed by atoms with Gasteiger partial charge in [-0.15, -0.1) is 11.6 Å². The van der Waals surface area contributed by atoms with Crippen molar-refractivity contribution in [2.45, 2.75) is 67.6 Å². The maximum absolute atomic E-state index is 12.9. The van der Waals surface area contributed by atoms with Gasteiger partial charge >= 0.3 is 6.09 Å². The van der Waals surface area contributed by atoms with Gasteiger partial charge < -0.3 is 19.7 Å². The molecule has 8 atom stereocenters. The molecule has 0 aliphatic carbocycles. The van der Waals surface area contributed by atoms with Crippen molar-refractivity contribution in [2.24, 2.45) is 0 Å². The molecule has 5 fully saturated rings. The zero-order chi connectivity index (χ0) is 18.9. The number of carbonyl (C=O) groups is 2. The number of carbonyl (C=O) groups excluding carboxylic acids is 2. The monoisotopic (exact) mass is 398 g/mol. The number of nitrogens with one attached hydrogen (secondary N) is 1. The molecule has 150 valence electrons. The van der Waals surface area contributed by atoms with Crippen LogP contribution in [0.5, 0.6) is 0 Å². The van der Waals surface area contributed by atoms with Gasteiger partial charge in [-0.2, -0.15) is 0 Å². The number of ether oxygens (including phenoxy) is 2. The lowest BCUT2D eigenvalue weighted by Gasteiger charge is -2.30. The molecule has 9 heteroatoms. The number of nitrogens with zero attached hydrogens (tertiary/aromatic N) is 3. The molecule has 0 spiro atoms. The van der Waals surface area contributed by atoms with Gasteiger partial charge in [0.15, 0.2) is 0 Å². The molecule has 0 saturated carbocycles. The molecule has 27 heavy (non-hydrogen) atoms. The van der Waals surface area contributed by atoms with Gasteiger partial charge in [0, 0.05) is 40.2 Å². The summed E-state index contributed by atoms with van der Waals surface area (Å²) in [5.74, 6) is -0.126. The van der Waals surface area contributed by atoms with Crippen LogP contribution < -0.4 is 5.32 Å². The molecule has 4 unspecified atom stereocenters. The highest BCUT2D eigenvalue weighted by atomic mass is 35.5. The summed E-state index contributed by atoms with van der Waals surface area (Å²) in [5, 5.41) is 2.93. The number of rotatable bonds is 3. The van der Waals surface area contributed by atoms with Crippen LogP contribution >= 0.6 is 11.6 Å². The SMILES string of the molecule is CC(=O)N[C@@H]1[C@H]2[C@H](Cl)CCN2C[C@H]1OC(=O)N(C)C1C2CN3CCC(O2)C13. The van der Waals surface area contributed by atoms with Crippen LogP contribution in [0, 0.1) is 0 Å². The number of alkyl halides is 1. The van der Waals surface area contributed by atoms with E-state index in [1.807, 2.05) is 0 Å². The van der Waals surface area contributed by atoms with Crippen LogP contribution in [-0.2, 0) is 14.3 Å². The highest BCUT2D eigenvalue weighted by Crippen LogP contribution is 2.42. The summed E-state index contributed by atoms with van der Waals surface area (Å²) in [5.41, 5.74) is 0. The van der Waals surface area contributed by atoms with Crippen molar-refractivity contribution >= 4 is 23.6 Å². The number of amides is 2. The molecule has 5 aliphatic heterocycles. The Hall–Kier alpha value is -1.09. The van der Waals surface area contributed by atoms with E-state index in [9.17, 15) is 9.59 Å². The number of hydrogen-bond donors (Lipinski definition) is 1. The average Bonchev–Trinajstić information content (AvgIpc) is 3.35. The van der Waals surface area contributed by atoms with E-state index in [1.165, 1.54) is 6.92 Å². The fraction of sp³-hybridized carbons (Fsp3) is 0.889. The van der Waals surface area contributed by atoms with Crippen molar-refractivity contribution in [1.82, 2.24) is 20.0 Å². The van der Waals surface area contributed by atoms with Crippen LogP contribution in [0.15, 0.2) is 0 Å². The summed E-state index contributed by atoms with van der Waals surface area (Å²) in [6.45, 7) is 4.91. The Labute approximate surface area is 164 Å². The fourth-order valence-electron chi connectivity index (χ4n) is 5.96. The zero-order valence-electron chi connectivity index (χ0n) is 15.7. The second-order valence-electron chi connectivity index (χ2n) is 8.53. The molecule has 0 aromatic rings. The summed E-state index contributed by atoms with van der Waals surface area (Å²) >= 11 is 6.48. The Bertz CT molecular complexity index is 637. The number of likely N-dealkylation sites (N-methyl/N-ethyl adjacent to an activating group) is 1.